The van der Waals surface area contributed by atoms with Gasteiger partial charge in [0.25, 0.3) is 5.91 Å². The molecule has 0 radical (unpaired) electrons. The van der Waals surface area contributed by atoms with Crippen LogP contribution in [-0.2, 0) is 19.0 Å². The van der Waals surface area contributed by atoms with Gasteiger partial charge in [-0.2, -0.15) is 0 Å². The number of hydrogen-bond donors (Lipinski definition) is 4. The molecule has 0 saturated carbocycles. The number of nitrogens with zero attached hydrogens (tertiary/aromatic N) is 2. The van der Waals surface area contributed by atoms with Gasteiger partial charge in [-0.3, -0.25) is 9.69 Å². The minimum Gasteiger partial charge on any atom is -0.479 e. The molecule has 48 heavy (non-hydrogen) atoms. The first kappa shape index (κ1) is 41.0. The van der Waals surface area contributed by atoms with E-state index < -0.39 is 23.8 Å². The summed E-state index contributed by atoms with van der Waals surface area (Å²) in [7, 11) is 0. The van der Waals surface area contributed by atoms with Gasteiger partial charge in [-0.25, -0.2) is 9.59 Å². The summed E-state index contributed by atoms with van der Waals surface area (Å²) in [4.78, 5) is 43.0. The third-order valence-electron chi connectivity index (χ3n) is 8.42. The lowest BCUT2D eigenvalue weighted by Crippen LogP contribution is -2.52. The maximum atomic E-state index is 12.4. The molecule has 2 saturated heterocycles. The van der Waals surface area contributed by atoms with Crippen LogP contribution in [0.4, 0.5) is 4.79 Å². The fourth-order valence-electron chi connectivity index (χ4n) is 5.86. The maximum Gasteiger partial charge on any atom is 0.410 e. The Morgan fingerprint density at radius 2 is 1.90 bits per heavy atom. The number of nitrogens with one attached hydrogen (secondary N) is 2. The monoisotopic (exact) mass is 676 g/mol. The number of fused-ring (bicyclic) bond motifs is 1. The van der Waals surface area contributed by atoms with Gasteiger partial charge in [-0.15, -0.1) is 0 Å². The Hall–Kier alpha value is -3.19. The molecule has 0 bridgehead atoms. The molecule has 1 aromatic carbocycles. The first-order chi connectivity index (χ1) is 22.7. The number of benzene rings is 1. The summed E-state index contributed by atoms with van der Waals surface area (Å²) in [5.41, 5.74) is 2.08. The molecule has 2 amide bonds. The maximum absolute atomic E-state index is 12.4. The Labute approximate surface area is 286 Å². The summed E-state index contributed by atoms with van der Waals surface area (Å²) in [6, 6.07) is 5.80. The van der Waals surface area contributed by atoms with Crippen LogP contribution in [-0.4, -0.2) is 119 Å². The molecule has 272 valence electrons. The number of carboxylic acid groups (broad SMARTS) is 1. The van der Waals surface area contributed by atoms with Crippen molar-refractivity contribution in [2.75, 3.05) is 45.9 Å². The highest BCUT2D eigenvalue weighted by molar-refractivity contribution is 5.99. The van der Waals surface area contributed by atoms with Gasteiger partial charge in [0, 0.05) is 55.3 Å². The number of morpholine rings is 1. The Morgan fingerprint density at radius 1 is 1.19 bits per heavy atom. The highest BCUT2D eigenvalue weighted by atomic mass is 16.6. The number of carbonyl (C=O) groups excluding carboxylic acids is 2. The third-order valence-corrected chi connectivity index (χ3v) is 8.42. The molecule has 2 fully saturated rings. The van der Waals surface area contributed by atoms with Gasteiger partial charge >= 0.3 is 12.1 Å². The molecule has 2 aliphatic heterocycles. The smallest absolute Gasteiger partial charge is 0.410 e. The standard InChI is InChI=1S/C20H26N2O5.C14H28N2O3.C2H6/c1-11-3-4-16(27-18(11)20(25)26)9-15(23)10-22-19(24)14-7-12(2)17-13(8-14)5-6-21-17;1-6-15-8-9-18-11-12(15)10-16(7-2)13(17)19-14(3,4)5;1-2/h5-8,11,15-16,18,21,23H,3-4,9-10H2,1-2H3,(H,22,24)(H,25,26);12H,6-11H2,1-5H3;1-2H3. The van der Waals surface area contributed by atoms with Gasteiger partial charge in [-0.1, -0.05) is 27.7 Å². The fourth-order valence-corrected chi connectivity index (χ4v) is 5.86. The Morgan fingerprint density at radius 3 is 2.52 bits per heavy atom. The largest absolute Gasteiger partial charge is 0.479 e. The number of ether oxygens (including phenoxy) is 3. The molecule has 12 heteroatoms. The fraction of sp³-hybridized carbons (Fsp3) is 0.694. The van der Waals surface area contributed by atoms with E-state index in [1.54, 1.807) is 4.90 Å². The van der Waals surface area contributed by atoms with E-state index in [4.69, 9.17) is 14.2 Å². The second kappa shape index (κ2) is 19.7. The number of carbonyl (C=O) groups is 3. The van der Waals surface area contributed by atoms with Crippen LogP contribution >= 0.6 is 0 Å². The van der Waals surface area contributed by atoms with Crippen LogP contribution in [0, 0.1) is 12.8 Å². The third kappa shape index (κ3) is 12.7. The zero-order chi connectivity index (χ0) is 36.0. The molecule has 12 nitrogen and oxygen atoms in total. The number of aryl methyl sites for hydroxylation is 1. The van der Waals surface area contributed by atoms with Gasteiger partial charge in [-0.05, 0) is 83.7 Å². The lowest BCUT2D eigenvalue weighted by atomic mass is 9.91. The van der Waals surface area contributed by atoms with Crippen molar-refractivity contribution in [3.63, 3.8) is 0 Å². The predicted octanol–water partition coefficient (Wildman–Crippen LogP) is 5.22. The minimum absolute atomic E-state index is 0.0396. The number of H-pyrrole nitrogens is 1. The summed E-state index contributed by atoms with van der Waals surface area (Å²) in [5.74, 6) is -1.26. The molecule has 5 atom stereocenters. The molecule has 0 spiro atoms. The van der Waals surface area contributed by atoms with Crippen molar-refractivity contribution in [3.8, 4) is 0 Å². The van der Waals surface area contributed by atoms with Crippen LogP contribution in [0.2, 0.25) is 0 Å². The molecular weight excluding hydrogens is 616 g/mol. The first-order valence-corrected chi connectivity index (χ1v) is 17.4. The molecule has 1 aromatic heterocycles. The Bertz CT molecular complexity index is 1290. The van der Waals surface area contributed by atoms with E-state index in [9.17, 15) is 24.6 Å². The van der Waals surface area contributed by atoms with E-state index in [2.05, 4.69) is 22.1 Å². The zero-order valence-corrected chi connectivity index (χ0v) is 30.5. The van der Waals surface area contributed by atoms with Crippen LogP contribution in [0.15, 0.2) is 24.4 Å². The van der Waals surface area contributed by atoms with Gasteiger partial charge in [0.1, 0.15) is 5.60 Å². The van der Waals surface area contributed by atoms with E-state index in [1.807, 2.05) is 79.8 Å². The quantitative estimate of drug-likeness (QED) is 0.265. The van der Waals surface area contributed by atoms with Crippen molar-refractivity contribution in [1.82, 2.24) is 20.1 Å². The van der Waals surface area contributed by atoms with Crippen molar-refractivity contribution >= 4 is 28.9 Å². The van der Waals surface area contributed by atoms with E-state index >= 15 is 0 Å². The van der Waals surface area contributed by atoms with Crippen LogP contribution < -0.4 is 5.32 Å². The van der Waals surface area contributed by atoms with E-state index in [0.717, 1.165) is 42.6 Å². The van der Waals surface area contributed by atoms with Gasteiger partial charge < -0.3 is 39.6 Å². The SMILES string of the molecule is CC.CCN(CC1COCCN1CC)C(=O)OC(C)(C)C.Cc1cc(C(=O)NCC(O)CC2CCC(C)C(C(=O)O)O2)cc2cc[nH]c12. The number of likely N-dealkylation sites (N-methyl/N-ethyl adjacent to an activating group) is 2. The normalized spacial score (nSPS) is 22.0. The second-order valence-electron chi connectivity index (χ2n) is 13.3. The first-order valence-electron chi connectivity index (χ1n) is 17.4. The number of aliphatic hydroxyl groups is 1. The molecule has 2 aliphatic rings. The Balaban J connectivity index is 0.000000336. The number of amides is 2. The average molecular weight is 677 g/mol. The van der Waals surface area contributed by atoms with Crippen molar-refractivity contribution in [1.29, 1.82) is 0 Å². The molecule has 3 heterocycles. The van der Waals surface area contributed by atoms with Gasteiger partial charge in [0.15, 0.2) is 6.10 Å². The zero-order valence-electron chi connectivity index (χ0n) is 30.5. The predicted molar refractivity (Wildman–Crippen MR) is 187 cm³/mol. The topological polar surface area (TPSA) is 154 Å². The second-order valence-corrected chi connectivity index (χ2v) is 13.3. The van der Waals surface area contributed by atoms with Crippen molar-refractivity contribution in [2.24, 2.45) is 5.92 Å². The number of carboxylic acids is 1. The molecule has 4 N–H and O–H groups in total. The van der Waals surface area contributed by atoms with E-state index in [0.29, 0.717) is 38.1 Å². The lowest BCUT2D eigenvalue weighted by molar-refractivity contribution is -0.167. The molecular formula is C36H60N4O8. The number of aliphatic hydroxyl groups excluding tert-OH is 1. The van der Waals surface area contributed by atoms with Crippen LogP contribution in [0.5, 0.6) is 0 Å². The summed E-state index contributed by atoms with van der Waals surface area (Å²) < 4.78 is 16.6. The number of aliphatic carboxylic acids is 1. The lowest BCUT2D eigenvalue weighted by Gasteiger charge is -2.37. The average Bonchev–Trinajstić information content (AvgIpc) is 3.53. The summed E-state index contributed by atoms with van der Waals surface area (Å²) in [6.45, 7) is 22.4. The van der Waals surface area contributed by atoms with Crippen LogP contribution in [0.3, 0.4) is 0 Å². The van der Waals surface area contributed by atoms with E-state index in [-0.39, 0.29) is 36.6 Å². The number of rotatable bonds is 10. The van der Waals surface area contributed by atoms with Crippen LogP contribution in [0.1, 0.15) is 90.6 Å². The summed E-state index contributed by atoms with van der Waals surface area (Å²) >= 11 is 0. The van der Waals surface area contributed by atoms with Gasteiger partial charge in [0.2, 0.25) is 0 Å². The highest BCUT2D eigenvalue weighted by Crippen LogP contribution is 2.27. The van der Waals surface area contributed by atoms with Crippen LogP contribution in [0.25, 0.3) is 10.9 Å². The van der Waals surface area contributed by atoms with Crippen molar-refractivity contribution in [2.45, 2.75) is 112 Å². The summed E-state index contributed by atoms with van der Waals surface area (Å²) in [5, 5.41) is 23.1. The minimum atomic E-state index is -0.967. The number of aromatic nitrogens is 1. The molecule has 0 aliphatic carbocycles. The molecule has 5 unspecified atom stereocenters. The number of aromatic amines is 1. The number of hydrogen-bond acceptors (Lipinski definition) is 8. The Kier molecular flexibility index (Phi) is 16.8. The summed E-state index contributed by atoms with van der Waals surface area (Å²) in [6.07, 6.45) is 1.41. The highest BCUT2D eigenvalue weighted by Gasteiger charge is 2.34. The van der Waals surface area contributed by atoms with Crippen molar-refractivity contribution in [3.05, 3.63) is 35.5 Å². The van der Waals surface area contributed by atoms with Crippen molar-refractivity contribution < 1.29 is 38.8 Å². The van der Waals surface area contributed by atoms with Gasteiger partial charge in [0.05, 0.1) is 31.5 Å². The molecule has 4 rings (SSSR count). The van der Waals surface area contributed by atoms with E-state index in [1.165, 1.54) is 0 Å². The molecule has 2 aromatic rings.